The first-order chi connectivity index (χ1) is 9.33. The van der Waals surface area contributed by atoms with Crippen LogP contribution in [0.25, 0.3) is 0 Å². The summed E-state index contributed by atoms with van der Waals surface area (Å²) in [6, 6.07) is 13.3. The highest BCUT2D eigenvalue weighted by Crippen LogP contribution is 2.23. The predicted molar refractivity (Wildman–Crippen MR) is 77.4 cm³/mol. The largest absolute Gasteiger partial charge is 0.330 e. The number of para-hydroxylation sites is 1. The number of nitrogens with one attached hydrogen (secondary N) is 1. The monoisotopic (exact) mass is 287 g/mol. The van der Waals surface area contributed by atoms with Crippen LogP contribution in [-0.4, -0.2) is 16.0 Å². The Balaban J connectivity index is 1.78. The van der Waals surface area contributed by atoms with Crippen LogP contribution in [0.3, 0.4) is 0 Å². The Morgan fingerprint density at radius 1 is 1.05 bits per heavy atom. The molecule has 0 saturated carbocycles. The maximum Gasteiger partial charge on any atom is 0.233 e. The summed E-state index contributed by atoms with van der Waals surface area (Å²) in [5.74, 6) is -0.0754. The highest BCUT2D eigenvalue weighted by atomic mass is 32.1. The first-order valence-corrected chi connectivity index (χ1v) is 7.26. The molecule has 0 saturated heterocycles. The van der Waals surface area contributed by atoms with Crippen molar-refractivity contribution in [2.75, 3.05) is 5.32 Å². The minimum absolute atomic E-state index is 0.0754. The molecule has 6 heteroatoms. The predicted octanol–water partition coefficient (Wildman–Crippen LogP) is 3.57. The van der Waals surface area contributed by atoms with Gasteiger partial charge in [0.15, 0.2) is 5.01 Å². The molecule has 19 heavy (non-hydrogen) atoms. The molecule has 4 nitrogen and oxygen atoms in total. The van der Waals surface area contributed by atoms with Crippen LogP contribution >= 0.6 is 22.7 Å². The van der Waals surface area contributed by atoms with Crippen LogP contribution in [-0.2, 0) is 0 Å². The second kappa shape index (κ2) is 5.29. The van der Waals surface area contributed by atoms with Gasteiger partial charge in [-0.15, -0.1) is 21.5 Å². The second-order valence-electron chi connectivity index (χ2n) is 3.71. The van der Waals surface area contributed by atoms with Crippen LogP contribution in [0.4, 0.5) is 10.8 Å². The highest BCUT2D eigenvalue weighted by molar-refractivity contribution is 7.18. The molecule has 0 spiro atoms. The van der Waals surface area contributed by atoms with Gasteiger partial charge in [0.2, 0.25) is 10.9 Å². The second-order valence-corrected chi connectivity index (χ2v) is 5.64. The van der Waals surface area contributed by atoms with Crippen molar-refractivity contribution in [3.8, 4) is 0 Å². The third-order valence-electron chi connectivity index (χ3n) is 2.39. The lowest BCUT2D eigenvalue weighted by Crippen LogP contribution is -1.97. The van der Waals surface area contributed by atoms with Gasteiger partial charge in [0.1, 0.15) is 0 Å². The molecular formula is C13H9N3OS2. The zero-order chi connectivity index (χ0) is 13.1. The number of hydrogen-bond donors (Lipinski definition) is 1. The molecule has 0 aliphatic rings. The Morgan fingerprint density at radius 2 is 1.89 bits per heavy atom. The van der Waals surface area contributed by atoms with Crippen LogP contribution in [0.5, 0.6) is 0 Å². The van der Waals surface area contributed by atoms with E-state index in [1.807, 2.05) is 41.8 Å². The van der Waals surface area contributed by atoms with E-state index in [1.165, 1.54) is 22.7 Å². The molecule has 1 aromatic carbocycles. The molecule has 0 unspecified atom stereocenters. The topological polar surface area (TPSA) is 54.9 Å². The molecule has 0 radical (unpaired) electrons. The Kier molecular flexibility index (Phi) is 3.35. The molecule has 2 heterocycles. The standard InChI is InChI=1S/C13H9N3OS2/c17-11(10-7-4-8-18-10)12-15-16-13(19-12)14-9-5-2-1-3-6-9/h1-8H,(H,14,16). The van der Waals surface area contributed by atoms with Crippen LogP contribution in [0, 0.1) is 0 Å². The highest BCUT2D eigenvalue weighted by Gasteiger charge is 2.15. The molecule has 3 aromatic rings. The van der Waals surface area contributed by atoms with Gasteiger partial charge in [0, 0.05) is 5.69 Å². The lowest BCUT2D eigenvalue weighted by molar-refractivity contribution is 0.104. The van der Waals surface area contributed by atoms with Crippen LogP contribution in [0.2, 0.25) is 0 Å². The van der Waals surface area contributed by atoms with Crippen LogP contribution < -0.4 is 5.32 Å². The number of nitrogens with zero attached hydrogens (tertiary/aromatic N) is 2. The summed E-state index contributed by atoms with van der Waals surface area (Å²) >= 11 is 2.67. The van der Waals surface area contributed by atoms with Gasteiger partial charge in [0.25, 0.3) is 0 Å². The maximum absolute atomic E-state index is 12.1. The average molecular weight is 287 g/mol. The van der Waals surface area contributed by atoms with Crippen LogP contribution in [0.15, 0.2) is 47.8 Å². The van der Waals surface area contributed by atoms with Crippen molar-refractivity contribution in [2.45, 2.75) is 0 Å². The van der Waals surface area contributed by atoms with E-state index in [9.17, 15) is 4.79 Å². The van der Waals surface area contributed by atoms with E-state index in [1.54, 1.807) is 6.07 Å². The maximum atomic E-state index is 12.1. The van der Waals surface area contributed by atoms with E-state index in [0.29, 0.717) is 15.0 Å². The zero-order valence-corrected chi connectivity index (χ0v) is 11.4. The van der Waals surface area contributed by atoms with E-state index in [0.717, 1.165) is 5.69 Å². The molecule has 3 rings (SSSR count). The average Bonchev–Trinajstić information content (AvgIpc) is 3.10. The Labute approximate surface area is 117 Å². The summed E-state index contributed by atoms with van der Waals surface area (Å²) < 4.78 is 0. The minimum Gasteiger partial charge on any atom is -0.330 e. The molecule has 0 bridgehead atoms. The first kappa shape index (κ1) is 12.0. The van der Waals surface area contributed by atoms with Crippen molar-refractivity contribution in [1.82, 2.24) is 10.2 Å². The Hall–Kier alpha value is -2.05. The third kappa shape index (κ3) is 2.69. The molecule has 0 atom stereocenters. The van der Waals surface area contributed by atoms with E-state index < -0.39 is 0 Å². The fourth-order valence-corrected chi connectivity index (χ4v) is 2.97. The number of thiophene rings is 1. The van der Waals surface area contributed by atoms with Gasteiger partial charge in [-0.2, -0.15) is 0 Å². The summed E-state index contributed by atoms with van der Waals surface area (Å²) in [6.45, 7) is 0. The van der Waals surface area contributed by atoms with E-state index in [2.05, 4.69) is 15.5 Å². The van der Waals surface area contributed by atoms with Gasteiger partial charge >= 0.3 is 0 Å². The molecule has 0 aliphatic heterocycles. The van der Waals surface area contributed by atoms with E-state index in [-0.39, 0.29) is 5.78 Å². The number of carbonyl (C=O) groups is 1. The summed E-state index contributed by atoms with van der Waals surface area (Å²) in [7, 11) is 0. The van der Waals surface area contributed by atoms with Gasteiger partial charge < -0.3 is 5.32 Å². The Morgan fingerprint density at radius 3 is 2.63 bits per heavy atom. The molecular weight excluding hydrogens is 278 g/mol. The molecule has 1 N–H and O–H groups in total. The lowest BCUT2D eigenvalue weighted by atomic mass is 10.3. The van der Waals surface area contributed by atoms with Gasteiger partial charge in [0.05, 0.1) is 4.88 Å². The van der Waals surface area contributed by atoms with Gasteiger partial charge in [-0.3, -0.25) is 4.79 Å². The third-order valence-corrected chi connectivity index (χ3v) is 4.10. The van der Waals surface area contributed by atoms with Crippen molar-refractivity contribution in [2.24, 2.45) is 0 Å². The number of aromatic nitrogens is 2. The quantitative estimate of drug-likeness (QED) is 0.745. The number of ketones is 1. The van der Waals surface area contributed by atoms with Gasteiger partial charge in [-0.1, -0.05) is 35.6 Å². The van der Waals surface area contributed by atoms with E-state index in [4.69, 9.17) is 0 Å². The van der Waals surface area contributed by atoms with Gasteiger partial charge in [-0.05, 0) is 23.6 Å². The summed E-state index contributed by atoms with van der Waals surface area (Å²) in [4.78, 5) is 12.7. The van der Waals surface area contributed by atoms with E-state index >= 15 is 0 Å². The number of benzene rings is 1. The number of carbonyl (C=O) groups excluding carboxylic acids is 1. The summed E-state index contributed by atoms with van der Waals surface area (Å²) in [5, 5.41) is 13.9. The molecule has 0 aliphatic carbocycles. The van der Waals surface area contributed by atoms with Crippen molar-refractivity contribution in [3.05, 3.63) is 57.7 Å². The zero-order valence-electron chi connectivity index (χ0n) is 9.74. The van der Waals surface area contributed by atoms with Crippen LogP contribution in [0.1, 0.15) is 14.7 Å². The normalized spacial score (nSPS) is 10.3. The van der Waals surface area contributed by atoms with Crippen molar-refractivity contribution >= 4 is 39.3 Å². The minimum atomic E-state index is -0.0754. The van der Waals surface area contributed by atoms with Crippen molar-refractivity contribution in [3.63, 3.8) is 0 Å². The van der Waals surface area contributed by atoms with Gasteiger partial charge in [-0.25, -0.2) is 0 Å². The number of rotatable bonds is 4. The molecule has 0 amide bonds. The summed E-state index contributed by atoms with van der Waals surface area (Å²) in [5.41, 5.74) is 0.925. The fourth-order valence-electron chi connectivity index (χ4n) is 1.52. The lowest BCUT2D eigenvalue weighted by Gasteiger charge is -1.99. The molecule has 2 aromatic heterocycles. The first-order valence-electron chi connectivity index (χ1n) is 5.57. The van der Waals surface area contributed by atoms with Crippen molar-refractivity contribution < 1.29 is 4.79 Å². The molecule has 94 valence electrons. The van der Waals surface area contributed by atoms with Crippen molar-refractivity contribution in [1.29, 1.82) is 0 Å². The molecule has 0 fully saturated rings. The fraction of sp³-hybridized carbons (Fsp3) is 0. The summed E-state index contributed by atoms with van der Waals surface area (Å²) in [6.07, 6.45) is 0. The number of anilines is 2. The number of hydrogen-bond acceptors (Lipinski definition) is 6. The smallest absolute Gasteiger partial charge is 0.233 e. The Bertz CT molecular complexity index is 677. The SMILES string of the molecule is O=C(c1cccs1)c1nnc(Nc2ccccc2)s1.